The topological polar surface area (TPSA) is 53.4 Å². The lowest BCUT2D eigenvalue weighted by molar-refractivity contribution is -0.143. The first-order chi connectivity index (χ1) is 10.2. The van der Waals surface area contributed by atoms with Crippen molar-refractivity contribution in [2.75, 3.05) is 13.1 Å². The van der Waals surface area contributed by atoms with Crippen LogP contribution in [0.1, 0.15) is 61.6 Å². The van der Waals surface area contributed by atoms with Gasteiger partial charge in [0.05, 0.1) is 16.6 Å². The molecule has 1 unspecified atom stereocenters. The van der Waals surface area contributed by atoms with Crippen molar-refractivity contribution in [1.29, 1.82) is 0 Å². The van der Waals surface area contributed by atoms with E-state index in [4.69, 9.17) is 10.1 Å². The molecular weight excluding hydrogens is 284 g/mol. The Morgan fingerprint density at radius 1 is 1.29 bits per heavy atom. The molecule has 2 fully saturated rings. The molecule has 116 valence electrons. The van der Waals surface area contributed by atoms with Gasteiger partial charge in [-0.2, -0.15) is 0 Å². The molecule has 0 spiro atoms. The minimum atomic E-state index is -0.652. The Labute approximate surface area is 130 Å². The molecule has 1 aromatic rings. The summed E-state index contributed by atoms with van der Waals surface area (Å²) >= 11 is 1.80. The number of hydrogen-bond acceptors (Lipinski definition) is 4. The SMILES string of the molecule is O=C(O)C1CCCN(Cc2csc(C3CCCCC3)n2)C1. The summed E-state index contributed by atoms with van der Waals surface area (Å²) in [5.74, 6) is -0.179. The Hall–Kier alpha value is -0.940. The van der Waals surface area contributed by atoms with Crippen molar-refractivity contribution < 1.29 is 9.90 Å². The first-order valence-corrected chi connectivity index (χ1v) is 9.00. The molecular formula is C16H24N2O2S. The maximum atomic E-state index is 11.1. The number of nitrogens with zero attached hydrogens (tertiary/aromatic N) is 2. The van der Waals surface area contributed by atoms with Crippen LogP contribution in [0.5, 0.6) is 0 Å². The van der Waals surface area contributed by atoms with Crippen molar-refractivity contribution in [1.82, 2.24) is 9.88 Å². The molecule has 0 aromatic carbocycles. The predicted molar refractivity (Wildman–Crippen MR) is 83.6 cm³/mol. The van der Waals surface area contributed by atoms with Gasteiger partial charge in [-0.15, -0.1) is 11.3 Å². The van der Waals surface area contributed by atoms with Crippen LogP contribution >= 0.6 is 11.3 Å². The van der Waals surface area contributed by atoms with Crippen LogP contribution in [-0.4, -0.2) is 34.0 Å². The predicted octanol–water partition coefficient (Wildman–Crippen LogP) is 3.49. The lowest BCUT2D eigenvalue weighted by atomic mass is 9.90. The molecule has 1 aliphatic carbocycles. The highest BCUT2D eigenvalue weighted by Gasteiger charge is 2.26. The van der Waals surface area contributed by atoms with Gasteiger partial charge in [0.15, 0.2) is 0 Å². The van der Waals surface area contributed by atoms with Crippen LogP contribution in [-0.2, 0) is 11.3 Å². The second-order valence-electron chi connectivity index (χ2n) is 6.42. The molecule has 1 saturated heterocycles. The maximum Gasteiger partial charge on any atom is 0.307 e. The lowest BCUT2D eigenvalue weighted by Gasteiger charge is -2.29. The van der Waals surface area contributed by atoms with E-state index in [-0.39, 0.29) is 5.92 Å². The number of carboxylic acid groups (broad SMARTS) is 1. The fourth-order valence-electron chi connectivity index (χ4n) is 3.56. The number of piperidine rings is 1. The summed E-state index contributed by atoms with van der Waals surface area (Å²) in [7, 11) is 0. The Balaban J connectivity index is 1.57. The molecule has 1 aliphatic heterocycles. The second-order valence-corrected chi connectivity index (χ2v) is 7.31. The van der Waals surface area contributed by atoms with Gasteiger partial charge >= 0.3 is 5.97 Å². The number of hydrogen-bond donors (Lipinski definition) is 1. The average molecular weight is 308 g/mol. The minimum Gasteiger partial charge on any atom is -0.481 e. The second kappa shape index (κ2) is 6.88. The van der Waals surface area contributed by atoms with E-state index in [9.17, 15) is 4.79 Å². The van der Waals surface area contributed by atoms with E-state index >= 15 is 0 Å². The largest absolute Gasteiger partial charge is 0.481 e. The summed E-state index contributed by atoms with van der Waals surface area (Å²) in [4.78, 5) is 18.2. The van der Waals surface area contributed by atoms with Gasteiger partial charge in [-0.3, -0.25) is 9.69 Å². The molecule has 5 heteroatoms. The molecule has 3 rings (SSSR count). The smallest absolute Gasteiger partial charge is 0.307 e. The van der Waals surface area contributed by atoms with Crippen molar-refractivity contribution in [3.8, 4) is 0 Å². The van der Waals surface area contributed by atoms with Crippen molar-refractivity contribution >= 4 is 17.3 Å². The third-order valence-electron chi connectivity index (χ3n) is 4.76. The van der Waals surface area contributed by atoms with Gasteiger partial charge < -0.3 is 5.11 Å². The molecule has 1 N–H and O–H groups in total. The normalized spacial score (nSPS) is 25.0. The van der Waals surface area contributed by atoms with Gasteiger partial charge in [0, 0.05) is 24.4 Å². The molecule has 0 radical (unpaired) electrons. The zero-order valence-corrected chi connectivity index (χ0v) is 13.3. The fourth-order valence-corrected chi connectivity index (χ4v) is 4.54. The van der Waals surface area contributed by atoms with Crippen LogP contribution in [0, 0.1) is 5.92 Å². The zero-order chi connectivity index (χ0) is 14.7. The lowest BCUT2D eigenvalue weighted by Crippen LogP contribution is -2.38. The summed E-state index contributed by atoms with van der Waals surface area (Å²) in [6.45, 7) is 2.48. The Morgan fingerprint density at radius 2 is 2.10 bits per heavy atom. The number of likely N-dealkylation sites (tertiary alicyclic amines) is 1. The van der Waals surface area contributed by atoms with Crippen LogP contribution in [0.3, 0.4) is 0 Å². The Bertz CT molecular complexity index is 482. The molecule has 1 aromatic heterocycles. The number of aromatic nitrogens is 1. The minimum absolute atomic E-state index is 0.199. The monoisotopic (exact) mass is 308 g/mol. The third kappa shape index (κ3) is 3.83. The molecule has 0 bridgehead atoms. The van der Waals surface area contributed by atoms with Gasteiger partial charge in [0.25, 0.3) is 0 Å². The van der Waals surface area contributed by atoms with Gasteiger partial charge in [-0.1, -0.05) is 19.3 Å². The van der Waals surface area contributed by atoms with Crippen LogP contribution in [0.15, 0.2) is 5.38 Å². The van der Waals surface area contributed by atoms with Crippen molar-refractivity contribution in [3.05, 3.63) is 16.1 Å². The van der Waals surface area contributed by atoms with Gasteiger partial charge in [-0.05, 0) is 32.2 Å². The van der Waals surface area contributed by atoms with E-state index in [0.717, 1.165) is 31.6 Å². The Morgan fingerprint density at radius 3 is 2.86 bits per heavy atom. The van der Waals surface area contributed by atoms with Crippen LogP contribution in [0.25, 0.3) is 0 Å². The quantitative estimate of drug-likeness (QED) is 0.925. The summed E-state index contributed by atoms with van der Waals surface area (Å²) in [6.07, 6.45) is 8.43. The van der Waals surface area contributed by atoms with Crippen LogP contribution in [0.2, 0.25) is 0 Å². The van der Waals surface area contributed by atoms with E-state index in [0.29, 0.717) is 12.5 Å². The number of carbonyl (C=O) groups is 1. The van der Waals surface area contributed by atoms with Crippen molar-refractivity contribution in [3.63, 3.8) is 0 Å². The van der Waals surface area contributed by atoms with E-state index in [1.807, 2.05) is 0 Å². The first kappa shape index (κ1) is 15.0. The molecule has 2 aliphatic rings. The maximum absolute atomic E-state index is 11.1. The third-order valence-corrected chi connectivity index (χ3v) is 5.82. The van der Waals surface area contributed by atoms with E-state index < -0.39 is 5.97 Å². The molecule has 1 saturated carbocycles. The van der Waals surface area contributed by atoms with Gasteiger partial charge in [-0.25, -0.2) is 4.98 Å². The zero-order valence-electron chi connectivity index (χ0n) is 12.5. The molecule has 2 heterocycles. The van der Waals surface area contributed by atoms with E-state index in [1.165, 1.54) is 37.1 Å². The van der Waals surface area contributed by atoms with Crippen LogP contribution < -0.4 is 0 Å². The Kier molecular flexibility index (Phi) is 4.91. The fraction of sp³-hybridized carbons (Fsp3) is 0.750. The summed E-state index contributed by atoms with van der Waals surface area (Å²) in [6, 6.07) is 0. The standard InChI is InChI=1S/C16H24N2O2S/c19-16(20)13-7-4-8-18(9-13)10-14-11-21-15(17-14)12-5-2-1-3-6-12/h11-13H,1-10H2,(H,19,20). The average Bonchev–Trinajstić information content (AvgIpc) is 2.97. The van der Waals surface area contributed by atoms with Crippen LogP contribution in [0.4, 0.5) is 0 Å². The number of rotatable bonds is 4. The number of carboxylic acids is 1. The summed E-state index contributed by atoms with van der Waals surface area (Å²) in [5.41, 5.74) is 1.13. The summed E-state index contributed by atoms with van der Waals surface area (Å²) < 4.78 is 0. The molecule has 21 heavy (non-hydrogen) atoms. The van der Waals surface area contributed by atoms with Gasteiger partial charge in [0.2, 0.25) is 0 Å². The molecule has 1 atom stereocenters. The molecule has 4 nitrogen and oxygen atoms in total. The highest BCUT2D eigenvalue weighted by Crippen LogP contribution is 2.34. The highest BCUT2D eigenvalue weighted by molar-refractivity contribution is 7.09. The summed E-state index contributed by atoms with van der Waals surface area (Å²) in [5, 5.41) is 12.6. The molecule has 0 amide bonds. The first-order valence-electron chi connectivity index (χ1n) is 8.12. The number of thiazole rings is 1. The van der Waals surface area contributed by atoms with Crippen molar-refractivity contribution in [2.45, 2.75) is 57.4 Å². The van der Waals surface area contributed by atoms with Gasteiger partial charge in [0.1, 0.15) is 0 Å². The van der Waals surface area contributed by atoms with E-state index in [2.05, 4.69) is 10.3 Å². The highest BCUT2D eigenvalue weighted by atomic mass is 32.1. The number of aliphatic carboxylic acids is 1. The van der Waals surface area contributed by atoms with E-state index in [1.54, 1.807) is 11.3 Å². The van der Waals surface area contributed by atoms with Crippen molar-refractivity contribution in [2.24, 2.45) is 5.92 Å².